The molecule has 1 atom stereocenters. The van der Waals surface area contributed by atoms with Crippen molar-refractivity contribution in [1.29, 1.82) is 0 Å². The molecule has 3 rings (SSSR count). The van der Waals surface area contributed by atoms with Crippen LogP contribution in [-0.4, -0.2) is 30.5 Å². The van der Waals surface area contributed by atoms with Gasteiger partial charge in [-0.15, -0.1) is 0 Å². The van der Waals surface area contributed by atoms with Crippen molar-refractivity contribution in [2.75, 3.05) is 19.8 Å². The Kier molecular flexibility index (Phi) is 5.44. The maximum atomic E-state index is 10.7. The number of benzene rings is 2. The third-order valence-corrected chi connectivity index (χ3v) is 4.59. The van der Waals surface area contributed by atoms with Crippen LogP contribution < -0.4 is 5.32 Å². The van der Waals surface area contributed by atoms with Crippen LogP contribution in [0.3, 0.4) is 0 Å². The van der Waals surface area contributed by atoms with E-state index < -0.39 is 5.60 Å². The average molecular weight is 311 g/mol. The predicted octanol–water partition coefficient (Wildman–Crippen LogP) is 3.10. The lowest BCUT2D eigenvalue weighted by Crippen LogP contribution is -2.46. The molecule has 3 heteroatoms. The SMILES string of the molecule is OC1(CNC(Cc2ccccc2)c2ccccc2)CCOCC1. The first kappa shape index (κ1) is 16.2. The molecule has 0 aliphatic carbocycles. The summed E-state index contributed by atoms with van der Waals surface area (Å²) in [4.78, 5) is 0. The second kappa shape index (κ2) is 7.73. The summed E-state index contributed by atoms with van der Waals surface area (Å²) >= 11 is 0. The van der Waals surface area contributed by atoms with Crippen molar-refractivity contribution in [2.24, 2.45) is 0 Å². The molecule has 0 aromatic heterocycles. The highest BCUT2D eigenvalue weighted by atomic mass is 16.5. The van der Waals surface area contributed by atoms with Crippen molar-refractivity contribution in [1.82, 2.24) is 5.32 Å². The van der Waals surface area contributed by atoms with E-state index in [0.717, 1.165) is 6.42 Å². The molecule has 1 aliphatic rings. The van der Waals surface area contributed by atoms with Crippen LogP contribution in [0.25, 0.3) is 0 Å². The first-order valence-electron chi connectivity index (χ1n) is 8.38. The van der Waals surface area contributed by atoms with Gasteiger partial charge in [0.1, 0.15) is 0 Å². The minimum atomic E-state index is -0.651. The Bertz CT molecular complexity index is 579. The summed E-state index contributed by atoms with van der Waals surface area (Å²) in [6, 6.07) is 21.2. The fraction of sp³-hybridized carbons (Fsp3) is 0.400. The summed E-state index contributed by atoms with van der Waals surface area (Å²) in [6.07, 6.45) is 2.32. The Morgan fingerprint density at radius 3 is 2.22 bits per heavy atom. The van der Waals surface area contributed by atoms with E-state index >= 15 is 0 Å². The van der Waals surface area contributed by atoms with Crippen LogP contribution in [0.2, 0.25) is 0 Å². The zero-order valence-electron chi connectivity index (χ0n) is 13.4. The van der Waals surface area contributed by atoms with Crippen LogP contribution in [0.15, 0.2) is 60.7 Å². The second-order valence-electron chi connectivity index (χ2n) is 6.37. The first-order chi connectivity index (χ1) is 11.3. The number of rotatable bonds is 6. The maximum Gasteiger partial charge on any atom is 0.0815 e. The minimum absolute atomic E-state index is 0.200. The Morgan fingerprint density at radius 2 is 1.57 bits per heavy atom. The van der Waals surface area contributed by atoms with Crippen LogP contribution in [-0.2, 0) is 11.2 Å². The molecular formula is C20H25NO2. The molecule has 2 aromatic rings. The van der Waals surface area contributed by atoms with Crippen molar-refractivity contribution < 1.29 is 9.84 Å². The molecule has 2 aromatic carbocycles. The summed E-state index contributed by atoms with van der Waals surface area (Å²) in [7, 11) is 0. The van der Waals surface area contributed by atoms with Gasteiger partial charge >= 0.3 is 0 Å². The van der Waals surface area contributed by atoms with Gasteiger partial charge in [0.05, 0.1) is 5.60 Å². The number of hydrogen-bond acceptors (Lipinski definition) is 3. The van der Waals surface area contributed by atoms with Gasteiger partial charge in [0.2, 0.25) is 0 Å². The molecule has 1 heterocycles. The molecule has 0 radical (unpaired) electrons. The largest absolute Gasteiger partial charge is 0.388 e. The normalized spacial score (nSPS) is 18.5. The second-order valence-corrected chi connectivity index (χ2v) is 6.37. The number of hydrogen-bond donors (Lipinski definition) is 2. The van der Waals surface area contributed by atoms with Gasteiger partial charge in [0, 0.05) is 38.6 Å². The van der Waals surface area contributed by atoms with Gasteiger partial charge in [-0.2, -0.15) is 0 Å². The summed E-state index contributed by atoms with van der Waals surface area (Å²) in [5.74, 6) is 0. The van der Waals surface area contributed by atoms with E-state index in [4.69, 9.17) is 4.74 Å². The van der Waals surface area contributed by atoms with Crippen LogP contribution in [0, 0.1) is 0 Å². The van der Waals surface area contributed by atoms with Gasteiger partial charge in [-0.1, -0.05) is 60.7 Å². The zero-order valence-corrected chi connectivity index (χ0v) is 13.4. The van der Waals surface area contributed by atoms with Crippen molar-refractivity contribution in [3.05, 3.63) is 71.8 Å². The van der Waals surface area contributed by atoms with E-state index in [9.17, 15) is 5.11 Å². The standard InChI is InChI=1S/C20H25NO2/c22-20(11-13-23-14-12-20)16-21-19(18-9-5-2-6-10-18)15-17-7-3-1-4-8-17/h1-10,19,21-22H,11-16H2. The predicted molar refractivity (Wildman–Crippen MR) is 92.3 cm³/mol. The van der Waals surface area contributed by atoms with E-state index in [1.165, 1.54) is 11.1 Å². The van der Waals surface area contributed by atoms with Crippen molar-refractivity contribution >= 4 is 0 Å². The molecule has 0 spiro atoms. The van der Waals surface area contributed by atoms with Gasteiger partial charge in [-0.05, 0) is 17.5 Å². The van der Waals surface area contributed by atoms with Crippen molar-refractivity contribution in [3.63, 3.8) is 0 Å². The Morgan fingerprint density at radius 1 is 0.957 bits per heavy atom. The van der Waals surface area contributed by atoms with Gasteiger partial charge in [-0.25, -0.2) is 0 Å². The maximum absolute atomic E-state index is 10.7. The molecule has 1 fully saturated rings. The summed E-state index contributed by atoms with van der Waals surface area (Å²) in [5, 5.41) is 14.3. The topological polar surface area (TPSA) is 41.5 Å². The van der Waals surface area contributed by atoms with Gasteiger partial charge in [-0.3, -0.25) is 0 Å². The van der Waals surface area contributed by atoms with Crippen LogP contribution in [0.4, 0.5) is 0 Å². The quantitative estimate of drug-likeness (QED) is 0.861. The molecule has 2 N–H and O–H groups in total. The Labute approximate surface area is 138 Å². The molecule has 0 bridgehead atoms. The zero-order chi connectivity index (χ0) is 16.0. The molecule has 1 aliphatic heterocycles. The molecule has 122 valence electrons. The molecule has 1 unspecified atom stereocenters. The van der Waals surface area contributed by atoms with E-state index in [0.29, 0.717) is 32.6 Å². The molecule has 0 saturated carbocycles. The minimum Gasteiger partial charge on any atom is -0.388 e. The smallest absolute Gasteiger partial charge is 0.0815 e. The van der Waals surface area contributed by atoms with Crippen molar-refractivity contribution in [3.8, 4) is 0 Å². The van der Waals surface area contributed by atoms with E-state index in [1.54, 1.807) is 0 Å². The first-order valence-corrected chi connectivity index (χ1v) is 8.38. The summed E-state index contributed by atoms with van der Waals surface area (Å²) in [6.45, 7) is 1.89. The summed E-state index contributed by atoms with van der Waals surface area (Å²) < 4.78 is 5.36. The van der Waals surface area contributed by atoms with Gasteiger partial charge < -0.3 is 15.2 Å². The highest BCUT2D eigenvalue weighted by molar-refractivity contribution is 5.23. The van der Waals surface area contributed by atoms with E-state index in [-0.39, 0.29) is 6.04 Å². The fourth-order valence-corrected chi connectivity index (χ4v) is 3.08. The highest BCUT2D eigenvalue weighted by Crippen LogP contribution is 2.23. The Balaban J connectivity index is 1.70. The molecule has 23 heavy (non-hydrogen) atoms. The lowest BCUT2D eigenvalue weighted by Gasteiger charge is -2.34. The Hall–Kier alpha value is -1.68. The number of nitrogens with one attached hydrogen (secondary N) is 1. The third-order valence-electron chi connectivity index (χ3n) is 4.59. The van der Waals surface area contributed by atoms with Crippen LogP contribution in [0.5, 0.6) is 0 Å². The summed E-state index contributed by atoms with van der Waals surface area (Å²) in [5.41, 5.74) is 1.90. The number of ether oxygens (including phenoxy) is 1. The molecular weight excluding hydrogens is 286 g/mol. The van der Waals surface area contributed by atoms with E-state index in [2.05, 4.69) is 53.8 Å². The van der Waals surface area contributed by atoms with Crippen molar-refractivity contribution in [2.45, 2.75) is 30.9 Å². The molecule has 0 amide bonds. The van der Waals surface area contributed by atoms with E-state index in [1.807, 2.05) is 12.1 Å². The lowest BCUT2D eigenvalue weighted by atomic mass is 9.92. The lowest BCUT2D eigenvalue weighted by molar-refractivity contribution is -0.0628. The number of aliphatic hydroxyl groups is 1. The van der Waals surface area contributed by atoms with Crippen LogP contribution >= 0.6 is 0 Å². The molecule has 1 saturated heterocycles. The fourth-order valence-electron chi connectivity index (χ4n) is 3.08. The van der Waals surface area contributed by atoms with Gasteiger partial charge in [0.15, 0.2) is 0 Å². The molecule has 3 nitrogen and oxygen atoms in total. The highest BCUT2D eigenvalue weighted by Gasteiger charge is 2.30. The average Bonchev–Trinajstić information content (AvgIpc) is 2.61. The monoisotopic (exact) mass is 311 g/mol. The van der Waals surface area contributed by atoms with Gasteiger partial charge in [0.25, 0.3) is 0 Å². The third kappa shape index (κ3) is 4.64. The van der Waals surface area contributed by atoms with Crippen LogP contribution in [0.1, 0.15) is 30.0 Å².